The van der Waals surface area contributed by atoms with Crippen molar-refractivity contribution < 1.29 is 28.4 Å². The van der Waals surface area contributed by atoms with Crippen LogP contribution in [0.3, 0.4) is 0 Å². The third kappa shape index (κ3) is 2.78. The van der Waals surface area contributed by atoms with E-state index in [1.54, 1.807) is 35.5 Å². The monoisotopic (exact) mass is 250 g/mol. The van der Waals surface area contributed by atoms with Crippen LogP contribution >= 0.6 is 0 Å². The molecular formula is C11H22O6. The quantitative estimate of drug-likeness (QED) is 0.636. The van der Waals surface area contributed by atoms with Crippen molar-refractivity contribution in [2.45, 2.75) is 24.1 Å². The molecule has 0 aromatic rings. The van der Waals surface area contributed by atoms with Gasteiger partial charge in [-0.2, -0.15) is 0 Å². The molecule has 4 unspecified atom stereocenters. The summed E-state index contributed by atoms with van der Waals surface area (Å²) in [5.41, 5.74) is 0. The zero-order valence-corrected chi connectivity index (χ0v) is 11.1. The molecule has 0 aromatic carbocycles. The van der Waals surface area contributed by atoms with Crippen molar-refractivity contribution in [2.75, 3.05) is 48.8 Å². The van der Waals surface area contributed by atoms with Crippen LogP contribution in [0.5, 0.6) is 0 Å². The molecule has 6 heteroatoms. The molecular weight excluding hydrogens is 228 g/mol. The van der Waals surface area contributed by atoms with Gasteiger partial charge in [-0.3, -0.25) is 0 Å². The van der Waals surface area contributed by atoms with E-state index in [1.807, 2.05) is 0 Å². The van der Waals surface area contributed by atoms with Crippen molar-refractivity contribution in [3.8, 4) is 0 Å². The average molecular weight is 250 g/mol. The first-order chi connectivity index (χ1) is 8.18. The summed E-state index contributed by atoms with van der Waals surface area (Å²) in [6.07, 6.45) is -0.863. The van der Waals surface area contributed by atoms with Gasteiger partial charge in [0, 0.05) is 35.5 Å². The molecule has 0 saturated carbocycles. The maximum Gasteiger partial charge on any atom is 0.221 e. The minimum absolute atomic E-state index is 0.245. The summed E-state index contributed by atoms with van der Waals surface area (Å²) in [4.78, 5) is 0. The normalized spacial score (nSPS) is 37.6. The zero-order valence-electron chi connectivity index (χ0n) is 11.1. The van der Waals surface area contributed by atoms with E-state index in [9.17, 15) is 0 Å². The first-order valence-electron chi connectivity index (χ1n) is 5.45. The first kappa shape index (κ1) is 14.8. The molecule has 1 rings (SSSR count). The number of hydrogen-bond donors (Lipinski definition) is 0. The summed E-state index contributed by atoms with van der Waals surface area (Å²) >= 11 is 0. The molecule has 0 bridgehead atoms. The Labute approximate surface area is 102 Å². The maximum atomic E-state index is 5.86. The van der Waals surface area contributed by atoms with Crippen LogP contribution in [0.15, 0.2) is 0 Å². The highest BCUT2D eigenvalue weighted by Crippen LogP contribution is 2.35. The lowest BCUT2D eigenvalue weighted by Gasteiger charge is -2.31. The standard InChI is InChI=1S/C11H22O6/c1-12-6-8-9(14-3)10(15-4)11(16-5,17-8)7-13-2/h8-10H,6-7H2,1-5H3. The summed E-state index contributed by atoms with van der Waals surface area (Å²) in [5, 5.41) is 0. The molecule has 4 atom stereocenters. The van der Waals surface area contributed by atoms with Gasteiger partial charge in [-0.05, 0) is 0 Å². The Balaban J connectivity index is 2.90. The Morgan fingerprint density at radius 1 is 1.00 bits per heavy atom. The van der Waals surface area contributed by atoms with Gasteiger partial charge in [-0.25, -0.2) is 0 Å². The lowest BCUT2D eigenvalue weighted by molar-refractivity contribution is -0.271. The molecule has 1 heterocycles. The highest BCUT2D eigenvalue weighted by molar-refractivity contribution is 4.98. The van der Waals surface area contributed by atoms with Gasteiger partial charge in [0.1, 0.15) is 24.9 Å². The smallest absolute Gasteiger partial charge is 0.221 e. The summed E-state index contributed by atoms with van der Waals surface area (Å²) in [6, 6.07) is 0. The van der Waals surface area contributed by atoms with Gasteiger partial charge >= 0.3 is 0 Å². The summed E-state index contributed by atoms with van der Waals surface area (Å²) in [5.74, 6) is -0.951. The first-order valence-corrected chi connectivity index (χ1v) is 5.45. The van der Waals surface area contributed by atoms with Gasteiger partial charge < -0.3 is 28.4 Å². The Morgan fingerprint density at radius 2 is 1.71 bits per heavy atom. The number of rotatable bonds is 7. The van der Waals surface area contributed by atoms with E-state index in [2.05, 4.69) is 0 Å². The fourth-order valence-corrected chi connectivity index (χ4v) is 2.26. The number of ether oxygens (including phenoxy) is 6. The molecule has 102 valence electrons. The van der Waals surface area contributed by atoms with Crippen molar-refractivity contribution in [1.82, 2.24) is 0 Å². The second kappa shape index (κ2) is 6.63. The summed E-state index contributed by atoms with van der Waals surface area (Å²) in [7, 11) is 7.97. The molecule has 0 aromatic heterocycles. The second-order valence-electron chi connectivity index (χ2n) is 3.92. The van der Waals surface area contributed by atoms with Gasteiger partial charge in [0.05, 0.1) is 6.61 Å². The van der Waals surface area contributed by atoms with E-state index in [0.29, 0.717) is 6.61 Å². The molecule has 1 aliphatic rings. The van der Waals surface area contributed by atoms with Crippen molar-refractivity contribution in [3.63, 3.8) is 0 Å². The van der Waals surface area contributed by atoms with Crippen LogP contribution in [0.25, 0.3) is 0 Å². The van der Waals surface area contributed by atoms with E-state index in [0.717, 1.165) is 0 Å². The van der Waals surface area contributed by atoms with Crippen LogP contribution in [-0.4, -0.2) is 72.9 Å². The van der Waals surface area contributed by atoms with E-state index >= 15 is 0 Å². The topological polar surface area (TPSA) is 55.4 Å². The SMILES string of the molecule is COCC1OC(COC)(OC)C(OC)C1OC. The predicted molar refractivity (Wildman–Crippen MR) is 60.0 cm³/mol. The lowest BCUT2D eigenvalue weighted by atomic mass is 10.1. The molecule has 6 nitrogen and oxygen atoms in total. The fraction of sp³-hybridized carbons (Fsp3) is 1.00. The summed E-state index contributed by atoms with van der Waals surface area (Å²) < 4.78 is 32.4. The molecule has 0 N–H and O–H groups in total. The minimum atomic E-state index is -0.951. The van der Waals surface area contributed by atoms with Gasteiger partial charge in [0.2, 0.25) is 5.79 Å². The zero-order chi connectivity index (χ0) is 12.9. The van der Waals surface area contributed by atoms with Gasteiger partial charge in [0.25, 0.3) is 0 Å². The van der Waals surface area contributed by atoms with Gasteiger partial charge in [-0.1, -0.05) is 0 Å². The Bertz CT molecular complexity index is 224. The van der Waals surface area contributed by atoms with Crippen LogP contribution < -0.4 is 0 Å². The Kier molecular flexibility index (Phi) is 5.78. The molecule has 0 amide bonds. The molecule has 17 heavy (non-hydrogen) atoms. The van der Waals surface area contributed by atoms with Gasteiger partial charge in [0.15, 0.2) is 0 Å². The van der Waals surface area contributed by atoms with E-state index in [1.165, 1.54) is 0 Å². The van der Waals surface area contributed by atoms with Crippen LogP contribution in [0.2, 0.25) is 0 Å². The van der Waals surface area contributed by atoms with Crippen LogP contribution in [0.4, 0.5) is 0 Å². The molecule has 0 spiro atoms. The average Bonchev–Trinajstić information content (AvgIpc) is 2.63. The van der Waals surface area contributed by atoms with E-state index in [4.69, 9.17) is 28.4 Å². The Morgan fingerprint density at radius 3 is 2.12 bits per heavy atom. The third-order valence-electron chi connectivity index (χ3n) is 3.00. The van der Waals surface area contributed by atoms with Crippen LogP contribution in [-0.2, 0) is 28.4 Å². The highest BCUT2D eigenvalue weighted by Gasteiger charge is 2.56. The fourth-order valence-electron chi connectivity index (χ4n) is 2.26. The highest BCUT2D eigenvalue weighted by atomic mass is 16.8. The van der Waals surface area contributed by atoms with Crippen molar-refractivity contribution >= 4 is 0 Å². The van der Waals surface area contributed by atoms with Crippen LogP contribution in [0, 0.1) is 0 Å². The molecule has 0 aliphatic carbocycles. The van der Waals surface area contributed by atoms with E-state index in [-0.39, 0.29) is 24.9 Å². The number of hydrogen-bond acceptors (Lipinski definition) is 6. The summed E-state index contributed by atoms with van der Waals surface area (Å²) in [6.45, 7) is 0.676. The van der Waals surface area contributed by atoms with Gasteiger partial charge in [-0.15, -0.1) is 0 Å². The number of methoxy groups -OCH3 is 5. The largest absolute Gasteiger partial charge is 0.382 e. The molecule has 1 aliphatic heterocycles. The third-order valence-corrected chi connectivity index (χ3v) is 3.00. The van der Waals surface area contributed by atoms with Crippen molar-refractivity contribution in [1.29, 1.82) is 0 Å². The van der Waals surface area contributed by atoms with E-state index < -0.39 is 5.79 Å². The lowest BCUT2D eigenvalue weighted by Crippen LogP contribution is -2.49. The van der Waals surface area contributed by atoms with Crippen LogP contribution in [0.1, 0.15) is 0 Å². The molecule has 0 radical (unpaired) electrons. The second-order valence-corrected chi connectivity index (χ2v) is 3.92. The maximum absolute atomic E-state index is 5.86. The molecule has 1 fully saturated rings. The van der Waals surface area contributed by atoms with Crippen molar-refractivity contribution in [2.24, 2.45) is 0 Å². The minimum Gasteiger partial charge on any atom is -0.382 e. The Hall–Kier alpha value is -0.240. The predicted octanol–water partition coefficient (Wildman–Crippen LogP) is 0.0507. The van der Waals surface area contributed by atoms with Crippen molar-refractivity contribution in [3.05, 3.63) is 0 Å². The molecule has 1 saturated heterocycles.